The Bertz CT molecular complexity index is 919. The van der Waals surface area contributed by atoms with Gasteiger partial charge in [-0.05, 0) is 37.1 Å². The van der Waals surface area contributed by atoms with E-state index in [2.05, 4.69) is 10.2 Å². The zero-order valence-electron chi connectivity index (χ0n) is 15.2. The van der Waals surface area contributed by atoms with Gasteiger partial charge in [-0.25, -0.2) is 4.79 Å². The van der Waals surface area contributed by atoms with Crippen molar-refractivity contribution in [1.82, 2.24) is 10.2 Å². The molecule has 1 aliphatic rings. The number of rotatable bonds is 7. The number of ether oxygens (including phenoxy) is 3. The maximum atomic E-state index is 12.5. The van der Waals surface area contributed by atoms with E-state index in [1.165, 1.54) is 0 Å². The van der Waals surface area contributed by atoms with Crippen molar-refractivity contribution in [2.45, 2.75) is 25.6 Å². The summed E-state index contributed by atoms with van der Waals surface area (Å²) in [5, 5.41) is 7.91. The zero-order valence-corrected chi connectivity index (χ0v) is 15.2. The van der Waals surface area contributed by atoms with Crippen LogP contribution in [0.5, 0.6) is 5.75 Å². The summed E-state index contributed by atoms with van der Waals surface area (Å²) in [4.78, 5) is 12.5. The Morgan fingerprint density at radius 2 is 1.89 bits per heavy atom. The van der Waals surface area contributed by atoms with E-state index >= 15 is 0 Å². The number of carbonyl (C=O) groups is 1. The molecule has 3 aromatic rings. The van der Waals surface area contributed by atoms with E-state index in [-0.39, 0.29) is 18.6 Å². The molecule has 7 nitrogen and oxygen atoms in total. The molecule has 0 aliphatic carbocycles. The molecule has 2 aromatic carbocycles. The van der Waals surface area contributed by atoms with Gasteiger partial charge in [0, 0.05) is 12.2 Å². The van der Waals surface area contributed by atoms with Crippen LogP contribution in [0, 0.1) is 0 Å². The Labute approximate surface area is 162 Å². The topological polar surface area (TPSA) is 83.7 Å². The fraction of sp³-hybridized carbons (Fsp3) is 0.286. The minimum absolute atomic E-state index is 0.0684. The van der Waals surface area contributed by atoms with Crippen LogP contribution in [0.3, 0.4) is 0 Å². The summed E-state index contributed by atoms with van der Waals surface area (Å²) < 4.78 is 22.2. The fourth-order valence-electron chi connectivity index (χ4n) is 2.93. The molecule has 1 aliphatic heterocycles. The van der Waals surface area contributed by atoms with Crippen molar-refractivity contribution in [2.24, 2.45) is 0 Å². The van der Waals surface area contributed by atoms with Gasteiger partial charge in [-0.3, -0.25) is 0 Å². The van der Waals surface area contributed by atoms with Gasteiger partial charge >= 0.3 is 5.97 Å². The maximum absolute atomic E-state index is 12.5. The van der Waals surface area contributed by atoms with Gasteiger partial charge in [-0.2, -0.15) is 0 Å². The highest BCUT2D eigenvalue weighted by atomic mass is 16.6. The molecule has 28 heavy (non-hydrogen) atoms. The van der Waals surface area contributed by atoms with Gasteiger partial charge in [0.2, 0.25) is 5.89 Å². The largest absolute Gasteiger partial charge is 0.490 e. The monoisotopic (exact) mass is 380 g/mol. The van der Waals surface area contributed by atoms with Crippen molar-refractivity contribution in [1.29, 1.82) is 0 Å². The molecule has 1 aromatic heterocycles. The molecule has 0 N–H and O–H groups in total. The number of hydrogen-bond acceptors (Lipinski definition) is 7. The molecular weight excluding hydrogens is 360 g/mol. The quantitative estimate of drug-likeness (QED) is 0.579. The second-order valence-corrected chi connectivity index (χ2v) is 6.39. The number of para-hydroxylation sites is 1. The second-order valence-electron chi connectivity index (χ2n) is 6.39. The van der Waals surface area contributed by atoms with Gasteiger partial charge < -0.3 is 18.6 Å². The van der Waals surface area contributed by atoms with Crippen molar-refractivity contribution >= 4 is 5.97 Å². The molecule has 4 rings (SSSR count). The van der Waals surface area contributed by atoms with Crippen LogP contribution in [0.2, 0.25) is 0 Å². The second kappa shape index (κ2) is 8.67. The Balaban J connectivity index is 1.37. The molecule has 0 bridgehead atoms. The lowest BCUT2D eigenvalue weighted by molar-refractivity contribution is 0.0422. The summed E-state index contributed by atoms with van der Waals surface area (Å²) in [7, 11) is 0. The average Bonchev–Trinajstić information content (AvgIpc) is 3.43. The molecule has 0 spiro atoms. The lowest BCUT2D eigenvalue weighted by Crippen LogP contribution is -2.17. The molecule has 0 saturated carbocycles. The number of nitrogens with zero attached hydrogens (tertiary/aromatic N) is 2. The normalized spacial score (nSPS) is 16.1. The molecule has 0 radical (unpaired) electrons. The minimum atomic E-state index is -0.512. The Kier molecular flexibility index (Phi) is 5.63. The summed E-state index contributed by atoms with van der Waals surface area (Å²) in [6, 6.07) is 16.4. The van der Waals surface area contributed by atoms with Gasteiger partial charge in [-0.15, -0.1) is 10.2 Å². The van der Waals surface area contributed by atoms with Gasteiger partial charge in [-0.1, -0.05) is 30.3 Å². The Morgan fingerprint density at radius 3 is 2.71 bits per heavy atom. The average molecular weight is 380 g/mol. The molecule has 0 amide bonds. The lowest BCUT2D eigenvalue weighted by atomic mass is 10.2. The Morgan fingerprint density at radius 1 is 1.07 bits per heavy atom. The summed E-state index contributed by atoms with van der Waals surface area (Å²) >= 11 is 0. The molecule has 1 saturated heterocycles. The molecule has 144 valence electrons. The molecule has 2 heterocycles. The Hall–Kier alpha value is -3.19. The molecular formula is C21H20N2O5. The fourth-order valence-corrected chi connectivity index (χ4v) is 2.93. The van der Waals surface area contributed by atoms with Crippen LogP contribution >= 0.6 is 0 Å². The summed E-state index contributed by atoms with van der Waals surface area (Å²) in [5.41, 5.74) is 1.16. The molecule has 1 unspecified atom stereocenters. The van der Waals surface area contributed by atoms with Crippen molar-refractivity contribution in [3.63, 3.8) is 0 Å². The third kappa shape index (κ3) is 4.37. The van der Waals surface area contributed by atoms with E-state index in [1.54, 1.807) is 18.2 Å². The van der Waals surface area contributed by atoms with E-state index in [1.807, 2.05) is 36.4 Å². The van der Waals surface area contributed by atoms with E-state index in [0.29, 0.717) is 23.8 Å². The van der Waals surface area contributed by atoms with Crippen LogP contribution in [-0.2, 0) is 16.1 Å². The third-order valence-electron chi connectivity index (χ3n) is 4.37. The molecule has 1 atom stereocenters. The number of esters is 1. The summed E-state index contributed by atoms with van der Waals surface area (Å²) in [6.45, 7) is 1.06. The highest BCUT2D eigenvalue weighted by molar-refractivity contribution is 5.92. The van der Waals surface area contributed by atoms with Gasteiger partial charge in [0.05, 0.1) is 6.10 Å². The SMILES string of the molecule is O=C(OCc1nnc(-c2ccccc2)o1)c1ccccc1OCC1CCCO1. The van der Waals surface area contributed by atoms with Crippen LogP contribution in [-0.4, -0.2) is 35.5 Å². The van der Waals surface area contributed by atoms with E-state index in [0.717, 1.165) is 25.0 Å². The van der Waals surface area contributed by atoms with Gasteiger partial charge in [0.25, 0.3) is 5.89 Å². The van der Waals surface area contributed by atoms with Gasteiger partial charge in [0.1, 0.15) is 17.9 Å². The first kappa shape index (κ1) is 18.2. The molecule has 1 fully saturated rings. The van der Waals surface area contributed by atoms with E-state index in [4.69, 9.17) is 18.6 Å². The third-order valence-corrected chi connectivity index (χ3v) is 4.37. The van der Waals surface area contributed by atoms with Crippen molar-refractivity contribution < 1.29 is 23.4 Å². The van der Waals surface area contributed by atoms with Crippen LogP contribution in [0.4, 0.5) is 0 Å². The predicted octanol–water partition coefficient (Wildman–Crippen LogP) is 3.65. The smallest absolute Gasteiger partial charge is 0.342 e. The van der Waals surface area contributed by atoms with Crippen LogP contribution in [0.15, 0.2) is 59.0 Å². The highest BCUT2D eigenvalue weighted by Gasteiger charge is 2.19. The standard InChI is InChI=1S/C21H20N2O5/c24-21(17-10-4-5-11-18(17)26-13-16-9-6-12-25-16)27-14-19-22-23-20(28-19)15-7-2-1-3-8-15/h1-5,7-8,10-11,16H,6,9,12-14H2. The lowest BCUT2D eigenvalue weighted by Gasteiger charge is -2.13. The zero-order chi connectivity index (χ0) is 19.2. The van der Waals surface area contributed by atoms with Crippen molar-refractivity contribution in [2.75, 3.05) is 13.2 Å². The minimum Gasteiger partial charge on any atom is -0.490 e. The first-order valence-corrected chi connectivity index (χ1v) is 9.18. The number of aromatic nitrogens is 2. The van der Waals surface area contributed by atoms with Crippen molar-refractivity contribution in [3.8, 4) is 17.2 Å². The number of carbonyl (C=O) groups excluding carboxylic acids is 1. The van der Waals surface area contributed by atoms with Crippen LogP contribution < -0.4 is 4.74 Å². The predicted molar refractivity (Wildman–Crippen MR) is 99.8 cm³/mol. The summed E-state index contributed by atoms with van der Waals surface area (Å²) in [5.74, 6) is 0.567. The molecule has 7 heteroatoms. The number of hydrogen-bond donors (Lipinski definition) is 0. The van der Waals surface area contributed by atoms with E-state index in [9.17, 15) is 4.79 Å². The first-order valence-electron chi connectivity index (χ1n) is 9.18. The van der Waals surface area contributed by atoms with Gasteiger partial charge in [0.15, 0.2) is 6.61 Å². The van der Waals surface area contributed by atoms with Crippen LogP contribution in [0.1, 0.15) is 29.1 Å². The first-order chi connectivity index (χ1) is 13.8. The summed E-state index contributed by atoms with van der Waals surface area (Å²) in [6.07, 6.45) is 2.07. The number of benzene rings is 2. The maximum Gasteiger partial charge on any atom is 0.342 e. The van der Waals surface area contributed by atoms with Crippen LogP contribution in [0.25, 0.3) is 11.5 Å². The van der Waals surface area contributed by atoms with Crippen molar-refractivity contribution in [3.05, 3.63) is 66.1 Å². The van der Waals surface area contributed by atoms with E-state index < -0.39 is 5.97 Å². The highest BCUT2D eigenvalue weighted by Crippen LogP contribution is 2.22.